The molecule has 4 N–H and O–H groups in total. The minimum absolute atomic E-state index is 0.112. The number of aryl methyl sites for hydroxylation is 1. The third-order valence-corrected chi connectivity index (χ3v) is 4.24. The molecule has 1 aromatic heterocycles. The second-order valence-electron chi connectivity index (χ2n) is 4.45. The number of H-pyrrole nitrogens is 1. The van der Waals surface area contributed by atoms with Gasteiger partial charge in [-0.3, -0.25) is 9.89 Å². The van der Waals surface area contributed by atoms with Crippen molar-refractivity contribution in [3.63, 3.8) is 0 Å². The highest BCUT2D eigenvalue weighted by Crippen LogP contribution is 2.16. The number of sulfone groups is 1. The predicted molar refractivity (Wildman–Crippen MR) is 71.2 cm³/mol. The van der Waals surface area contributed by atoms with E-state index in [0.717, 1.165) is 17.5 Å². The first-order chi connectivity index (χ1) is 8.93. The predicted octanol–water partition coefficient (Wildman–Crippen LogP) is -0.0151. The molecule has 0 spiro atoms. The number of carbonyl (C=O) groups is 1. The van der Waals surface area contributed by atoms with E-state index < -0.39 is 21.8 Å². The van der Waals surface area contributed by atoms with Crippen LogP contribution in [0, 0.1) is 0 Å². The number of aromatic nitrogens is 2. The van der Waals surface area contributed by atoms with Gasteiger partial charge in [-0.25, -0.2) is 8.42 Å². The molecule has 0 saturated carbocycles. The average molecular weight is 284 g/mol. The van der Waals surface area contributed by atoms with E-state index in [0.29, 0.717) is 12.1 Å². The van der Waals surface area contributed by atoms with Crippen LogP contribution in [-0.2, 0) is 16.3 Å². The Labute approximate surface area is 111 Å². The van der Waals surface area contributed by atoms with Crippen LogP contribution in [0.25, 0.3) is 0 Å². The van der Waals surface area contributed by atoms with E-state index in [1.807, 2.05) is 6.92 Å². The summed E-state index contributed by atoms with van der Waals surface area (Å²) >= 11 is 0. The molecule has 2 heterocycles. The summed E-state index contributed by atoms with van der Waals surface area (Å²) in [5.74, 6) is -0.590. The number of nitrogens with two attached hydrogens (primary N) is 1. The Balaban J connectivity index is 2.07. The van der Waals surface area contributed by atoms with Gasteiger partial charge in [0.2, 0.25) is 0 Å². The lowest BCUT2D eigenvalue weighted by atomic mass is 10.2. The summed E-state index contributed by atoms with van der Waals surface area (Å²) in [6, 6.07) is -0.525. The summed E-state index contributed by atoms with van der Waals surface area (Å²) in [5, 5.41) is 10.3. The first-order valence-electron chi connectivity index (χ1n) is 5.97. The van der Waals surface area contributed by atoms with Gasteiger partial charge in [-0.1, -0.05) is 13.3 Å². The van der Waals surface area contributed by atoms with Crippen molar-refractivity contribution in [1.29, 1.82) is 0 Å². The largest absolute Gasteiger partial charge is 0.395 e. The second kappa shape index (κ2) is 5.04. The van der Waals surface area contributed by atoms with Crippen LogP contribution in [-0.4, -0.2) is 36.3 Å². The molecular formula is C11H16N4O3S. The summed E-state index contributed by atoms with van der Waals surface area (Å²) in [7, 11) is -3.19. The molecule has 0 bridgehead atoms. The zero-order valence-corrected chi connectivity index (χ0v) is 11.3. The first-order valence-corrected chi connectivity index (χ1v) is 7.69. The molecule has 1 aromatic rings. The highest BCUT2D eigenvalue weighted by Gasteiger charge is 2.25. The number of amides is 1. The van der Waals surface area contributed by atoms with Crippen molar-refractivity contribution in [2.24, 2.45) is 0 Å². The number of hydrogen-bond acceptors (Lipinski definition) is 5. The van der Waals surface area contributed by atoms with Crippen LogP contribution in [0.15, 0.2) is 11.5 Å². The third-order valence-electron chi connectivity index (χ3n) is 2.84. The maximum atomic E-state index is 11.9. The minimum atomic E-state index is -3.19. The van der Waals surface area contributed by atoms with Crippen LogP contribution < -0.4 is 11.1 Å². The van der Waals surface area contributed by atoms with Crippen LogP contribution in [0.3, 0.4) is 0 Å². The molecule has 1 amide bonds. The summed E-state index contributed by atoms with van der Waals surface area (Å²) in [5.41, 5.74) is 6.99. The highest BCUT2D eigenvalue weighted by molar-refractivity contribution is 7.94. The number of nitrogens with one attached hydrogen (secondary N) is 2. The van der Waals surface area contributed by atoms with E-state index in [-0.39, 0.29) is 11.4 Å². The van der Waals surface area contributed by atoms with E-state index in [2.05, 4.69) is 15.5 Å². The summed E-state index contributed by atoms with van der Waals surface area (Å²) in [6.45, 7) is 1.99. The van der Waals surface area contributed by atoms with Crippen molar-refractivity contribution in [3.05, 3.63) is 22.9 Å². The van der Waals surface area contributed by atoms with Gasteiger partial charge >= 0.3 is 0 Å². The molecule has 0 aromatic carbocycles. The fourth-order valence-corrected chi connectivity index (χ4v) is 3.14. The normalized spacial score (nSPS) is 20.6. The topological polar surface area (TPSA) is 118 Å². The summed E-state index contributed by atoms with van der Waals surface area (Å²) < 4.78 is 22.5. The molecule has 8 heteroatoms. The van der Waals surface area contributed by atoms with Crippen LogP contribution in [0.2, 0.25) is 0 Å². The molecular weight excluding hydrogens is 268 g/mol. The van der Waals surface area contributed by atoms with Gasteiger partial charge < -0.3 is 11.1 Å². The molecule has 0 fully saturated rings. The number of anilines is 1. The fraction of sp³-hybridized carbons (Fsp3) is 0.455. The Morgan fingerprint density at radius 1 is 1.63 bits per heavy atom. The summed E-state index contributed by atoms with van der Waals surface area (Å²) in [4.78, 5) is 11.9. The van der Waals surface area contributed by atoms with Gasteiger partial charge in [0.05, 0.1) is 23.2 Å². The SMILES string of the molecule is CCCc1[nH]nc(C(=O)NC2C=CS(=O)(=O)C2)c1N. The lowest BCUT2D eigenvalue weighted by molar-refractivity contribution is 0.0943. The van der Waals surface area contributed by atoms with Gasteiger partial charge in [-0.15, -0.1) is 0 Å². The number of aromatic amines is 1. The third kappa shape index (κ3) is 2.95. The number of rotatable bonds is 4. The lowest BCUT2D eigenvalue weighted by Crippen LogP contribution is -2.36. The molecule has 1 unspecified atom stereocenters. The Morgan fingerprint density at radius 2 is 2.37 bits per heavy atom. The molecule has 104 valence electrons. The number of nitrogens with zero attached hydrogens (tertiary/aromatic N) is 1. The fourth-order valence-electron chi connectivity index (χ4n) is 1.90. The van der Waals surface area contributed by atoms with E-state index in [1.165, 1.54) is 6.08 Å². The number of nitrogen functional groups attached to an aromatic ring is 1. The van der Waals surface area contributed by atoms with Crippen LogP contribution >= 0.6 is 0 Å². The molecule has 7 nitrogen and oxygen atoms in total. The molecule has 2 rings (SSSR count). The Kier molecular flexibility index (Phi) is 3.61. The van der Waals surface area contributed by atoms with Gasteiger partial charge in [0.1, 0.15) is 0 Å². The van der Waals surface area contributed by atoms with Crippen molar-refractivity contribution in [1.82, 2.24) is 15.5 Å². The van der Waals surface area contributed by atoms with Crippen molar-refractivity contribution in [2.45, 2.75) is 25.8 Å². The molecule has 1 aliphatic rings. The molecule has 0 radical (unpaired) electrons. The number of carbonyl (C=O) groups excluding carboxylic acids is 1. The van der Waals surface area contributed by atoms with E-state index in [4.69, 9.17) is 5.73 Å². The van der Waals surface area contributed by atoms with Gasteiger partial charge in [-0.2, -0.15) is 5.10 Å². The van der Waals surface area contributed by atoms with Crippen molar-refractivity contribution in [3.8, 4) is 0 Å². The maximum absolute atomic E-state index is 11.9. The van der Waals surface area contributed by atoms with E-state index in [9.17, 15) is 13.2 Å². The minimum Gasteiger partial charge on any atom is -0.395 e. The van der Waals surface area contributed by atoms with Gasteiger partial charge in [0.15, 0.2) is 15.5 Å². The van der Waals surface area contributed by atoms with Crippen LogP contribution in [0.1, 0.15) is 29.5 Å². The first kappa shape index (κ1) is 13.6. The standard InChI is InChI=1S/C11H16N4O3S/c1-2-3-8-9(12)10(15-14-8)11(16)13-7-4-5-19(17,18)6-7/h4-5,7H,2-3,6,12H2,1H3,(H,13,16)(H,14,15). The monoisotopic (exact) mass is 284 g/mol. The van der Waals surface area contributed by atoms with Crippen molar-refractivity contribution in [2.75, 3.05) is 11.5 Å². The lowest BCUT2D eigenvalue weighted by Gasteiger charge is -2.08. The zero-order chi connectivity index (χ0) is 14.0. The van der Waals surface area contributed by atoms with Crippen molar-refractivity contribution >= 4 is 21.4 Å². The molecule has 0 aliphatic carbocycles. The number of hydrogen-bond donors (Lipinski definition) is 3. The second-order valence-corrected chi connectivity index (χ2v) is 6.38. The van der Waals surface area contributed by atoms with Gasteiger partial charge in [0.25, 0.3) is 5.91 Å². The zero-order valence-electron chi connectivity index (χ0n) is 10.5. The highest BCUT2D eigenvalue weighted by atomic mass is 32.2. The Hall–Kier alpha value is -1.83. The molecule has 19 heavy (non-hydrogen) atoms. The average Bonchev–Trinajstić information content (AvgIpc) is 2.84. The van der Waals surface area contributed by atoms with Crippen LogP contribution in [0.5, 0.6) is 0 Å². The van der Waals surface area contributed by atoms with E-state index >= 15 is 0 Å². The molecule has 0 saturated heterocycles. The maximum Gasteiger partial charge on any atom is 0.274 e. The summed E-state index contributed by atoms with van der Waals surface area (Å²) in [6.07, 6.45) is 3.05. The Bertz CT molecular complexity index is 618. The van der Waals surface area contributed by atoms with Crippen LogP contribution in [0.4, 0.5) is 5.69 Å². The molecule has 1 aliphatic heterocycles. The van der Waals surface area contributed by atoms with Crippen molar-refractivity contribution < 1.29 is 13.2 Å². The quantitative estimate of drug-likeness (QED) is 0.718. The van der Waals surface area contributed by atoms with Gasteiger partial charge in [-0.05, 0) is 12.5 Å². The smallest absolute Gasteiger partial charge is 0.274 e. The van der Waals surface area contributed by atoms with Gasteiger partial charge in [0, 0.05) is 5.41 Å². The van der Waals surface area contributed by atoms with E-state index in [1.54, 1.807) is 0 Å². The Morgan fingerprint density at radius 3 is 2.95 bits per heavy atom. The molecule has 1 atom stereocenters.